The highest BCUT2D eigenvalue weighted by Crippen LogP contribution is 2.38. The van der Waals surface area contributed by atoms with Crippen LogP contribution in [-0.2, 0) is 28.7 Å². The van der Waals surface area contributed by atoms with Gasteiger partial charge in [0.2, 0.25) is 11.8 Å². The Labute approximate surface area is 204 Å². The molecule has 10 heteroatoms. The van der Waals surface area contributed by atoms with Crippen LogP contribution in [-0.4, -0.2) is 90.1 Å². The second-order valence-electron chi connectivity index (χ2n) is 9.08. The fraction of sp³-hybridized carbons (Fsp3) is 0.520. The Bertz CT molecular complexity index is 974. The molecule has 35 heavy (non-hydrogen) atoms. The molecule has 0 radical (unpaired) electrons. The molecular formula is C25H31N3O7. The van der Waals surface area contributed by atoms with E-state index in [2.05, 4.69) is 9.80 Å². The van der Waals surface area contributed by atoms with Crippen LogP contribution in [0.25, 0.3) is 0 Å². The molecule has 188 valence electrons. The normalized spacial score (nSPS) is 26.6. The monoisotopic (exact) mass is 485 g/mol. The van der Waals surface area contributed by atoms with Gasteiger partial charge in [0.1, 0.15) is 18.0 Å². The van der Waals surface area contributed by atoms with Crippen molar-refractivity contribution < 1.29 is 33.8 Å². The molecule has 4 unspecified atom stereocenters. The number of ether oxygens (including phenoxy) is 2. The summed E-state index contributed by atoms with van der Waals surface area (Å²) >= 11 is 0. The zero-order valence-electron chi connectivity index (χ0n) is 20.0. The van der Waals surface area contributed by atoms with Gasteiger partial charge in [-0.1, -0.05) is 12.1 Å². The van der Waals surface area contributed by atoms with Crippen LogP contribution in [0.3, 0.4) is 0 Å². The number of amides is 2. The number of carbonyl (C=O) groups is 4. The van der Waals surface area contributed by atoms with Gasteiger partial charge < -0.3 is 19.5 Å². The molecule has 1 aromatic rings. The van der Waals surface area contributed by atoms with E-state index >= 15 is 0 Å². The quantitative estimate of drug-likeness (QED) is 0.342. The summed E-state index contributed by atoms with van der Waals surface area (Å²) in [7, 11) is 0. The molecule has 2 aliphatic heterocycles. The summed E-state index contributed by atoms with van der Waals surface area (Å²) in [6, 6.07) is 7.27. The Morgan fingerprint density at radius 3 is 1.94 bits per heavy atom. The zero-order valence-corrected chi connectivity index (χ0v) is 20.0. The van der Waals surface area contributed by atoms with Crippen LogP contribution in [0.15, 0.2) is 36.4 Å². The molecule has 0 spiro atoms. The summed E-state index contributed by atoms with van der Waals surface area (Å²) < 4.78 is 10.6. The smallest absolute Gasteiger partial charge is 0.303 e. The predicted molar refractivity (Wildman–Crippen MR) is 125 cm³/mol. The Balaban J connectivity index is 1.34. The van der Waals surface area contributed by atoms with Gasteiger partial charge in [0, 0.05) is 46.6 Å². The lowest BCUT2D eigenvalue weighted by Gasteiger charge is -2.36. The number of nitrogens with zero attached hydrogens (tertiary/aromatic N) is 3. The van der Waals surface area contributed by atoms with Crippen LogP contribution < -0.4 is 4.90 Å². The fourth-order valence-corrected chi connectivity index (χ4v) is 5.15. The number of anilines is 1. The summed E-state index contributed by atoms with van der Waals surface area (Å²) in [4.78, 5) is 55.1. The number of carbonyl (C=O) groups excluding carboxylic acids is 4. The highest BCUT2D eigenvalue weighted by atomic mass is 16.6. The van der Waals surface area contributed by atoms with E-state index in [0.717, 1.165) is 31.9 Å². The van der Waals surface area contributed by atoms with Crippen molar-refractivity contribution >= 4 is 29.4 Å². The Kier molecular flexibility index (Phi) is 7.39. The molecule has 2 heterocycles. The van der Waals surface area contributed by atoms with Crippen LogP contribution in [0.2, 0.25) is 0 Å². The van der Waals surface area contributed by atoms with Crippen molar-refractivity contribution in [2.45, 2.75) is 32.5 Å². The Morgan fingerprint density at radius 1 is 0.886 bits per heavy atom. The maximum absolute atomic E-state index is 13.2. The van der Waals surface area contributed by atoms with Crippen molar-refractivity contribution in [3.05, 3.63) is 36.4 Å². The molecule has 0 saturated carbocycles. The van der Waals surface area contributed by atoms with E-state index in [1.807, 2.05) is 12.1 Å². The molecule has 10 nitrogen and oxygen atoms in total. The van der Waals surface area contributed by atoms with Gasteiger partial charge >= 0.3 is 11.9 Å². The van der Waals surface area contributed by atoms with Gasteiger partial charge in [-0.15, -0.1) is 0 Å². The largest absolute Gasteiger partial charge is 0.506 e. The number of para-hydroxylation sites is 2. The average Bonchev–Trinajstić information content (AvgIpc) is 3.07. The van der Waals surface area contributed by atoms with Gasteiger partial charge in [-0.2, -0.15) is 0 Å². The first kappa shape index (κ1) is 24.7. The van der Waals surface area contributed by atoms with Gasteiger partial charge in [-0.3, -0.25) is 29.0 Å². The van der Waals surface area contributed by atoms with Crippen molar-refractivity contribution in [1.29, 1.82) is 0 Å². The minimum atomic E-state index is -0.900. The van der Waals surface area contributed by atoms with Gasteiger partial charge in [0.25, 0.3) is 0 Å². The Hall–Kier alpha value is -3.40. The standard InChI is InChI=1S/C25H31N3O7/c1-16(29)34-20-8-9-21(35-17(2)30)23-22(20)24(32)28(25(23)33)11-5-10-26-12-14-27(15-13-26)18-6-3-4-7-19(18)31/h3-4,6-9,20-23,31H,5,10-15H2,1-2H3. The van der Waals surface area contributed by atoms with Gasteiger partial charge in [-0.05, 0) is 37.3 Å². The van der Waals surface area contributed by atoms with Gasteiger partial charge in [-0.25, -0.2) is 0 Å². The topological polar surface area (TPSA) is 117 Å². The number of imide groups is 1. The van der Waals surface area contributed by atoms with Crippen LogP contribution in [0, 0.1) is 11.8 Å². The number of hydrogen-bond acceptors (Lipinski definition) is 9. The number of piperazine rings is 1. The van der Waals surface area contributed by atoms with Crippen molar-refractivity contribution in [2.75, 3.05) is 44.2 Å². The van der Waals surface area contributed by atoms with Crippen molar-refractivity contribution in [1.82, 2.24) is 9.80 Å². The maximum atomic E-state index is 13.2. The number of phenols is 1. The van der Waals surface area contributed by atoms with Crippen LogP contribution in [0.1, 0.15) is 20.3 Å². The van der Waals surface area contributed by atoms with E-state index in [1.54, 1.807) is 12.1 Å². The number of benzene rings is 1. The number of phenolic OH excluding ortho intramolecular Hbond substituents is 1. The first-order valence-corrected chi connectivity index (χ1v) is 11.9. The molecule has 1 aromatic carbocycles. The molecule has 2 amide bonds. The van der Waals surface area contributed by atoms with E-state index in [-0.39, 0.29) is 12.3 Å². The average molecular weight is 486 g/mol. The molecule has 3 aliphatic rings. The third kappa shape index (κ3) is 5.32. The highest BCUT2D eigenvalue weighted by molar-refractivity contribution is 6.06. The van der Waals surface area contributed by atoms with Crippen LogP contribution in [0.4, 0.5) is 5.69 Å². The zero-order chi connectivity index (χ0) is 25.1. The lowest BCUT2D eigenvalue weighted by atomic mass is 9.81. The minimum Gasteiger partial charge on any atom is -0.506 e. The Morgan fingerprint density at radius 2 is 1.43 bits per heavy atom. The third-order valence-corrected chi connectivity index (χ3v) is 6.74. The number of fused-ring (bicyclic) bond motifs is 1. The third-order valence-electron chi connectivity index (χ3n) is 6.74. The number of aromatic hydroxyl groups is 1. The summed E-state index contributed by atoms with van der Waals surface area (Å²) in [6.45, 7) is 6.58. The fourth-order valence-electron chi connectivity index (χ4n) is 5.15. The summed E-state index contributed by atoms with van der Waals surface area (Å²) in [5.41, 5.74) is 0.821. The molecule has 2 saturated heterocycles. The van der Waals surface area contributed by atoms with Crippen molar-refractivity contribution in [3.8, 4) is 5.75 Å². The summed E-state index contributed by atoms with van der Waals surface area (Å²) in [5.74, 6) is -3.45. The van der Waals surface area contributed by atoms with E-state index in [9.17, 15) is 24.3 Å². The van der Waals surface area contributed by atoms with Gasteiger partial charge in [0.05, 0.1) is 17.5 Å². The molecule has 1 aliphatic carbocycles. The molecular weight excluding hydrogens is 454 g/mol. The van der Waals surface area contributed by atoms with Crippen LogP contribution >= 0.6 is 0 Å². The number of rotatable bonds is 7. The summed E-state index contributed by atoms with van der Waals surface area (Å²) in [5, 5.41) is 10.1. The molecule has 4 atom stereocenters. The number of hydrogen-bond donors (Lipinski definition) is 1. The first-order valence-electron chi connectivity index (χ1n) is 11.9. The van der Waals surface area contributed by atoms with Crippen molar-refractivity contribution in [2.24, 2.45) is 11.8 Å². The van der Waals surface area contributed by atoms with Crippen LogP contribution in [0.5, 0.6) is 5.75 Å². The number of esters is 2. The molecule has 2 fully saturated rings. The number of likely N-dealkylation sites (tertiary alicyclic amines) is 1. The predicted octanol–water partition coefficient (Wildman–Crippen LogP) is 0.939. The van der Waals surface area contributed by atoms with E-state index in [0.29, 0.717) is 13.0 Å². The molecule has 4 rings (SSSR count). The highest BCUT2D eigenvalue weighted by Gasteiger charge is 2.56. The second kappa shape index (κ2) is 10.5. The summed E-state index contributed by atoms with van der Waals surface area (Å²) in [6.07, 6.45) is 1.91. The van der Waals surface area contributed by atoms with E-state index in [4.69, 9.17) is 9.47 Å². The lowest BCUT2D eigenvalue weighted by Crippen LogP contribution is -2.47. The minimum absolute atomic E-state index is 0.240. The lowest BCUT2D eigenvalue weighted by molar-refractivity contribution is -0.157. The first-order chi connectivity index (χ1) is 16.8. The second-order valence-corrected chi connectivity index (χ2v) is 9.08. The molecule has 1 N–H and O–H groups in total. The SMILES string of the molecule is CC(=O)OC1C=CC(OC(C)=O)C2C(=O)N(CCCN3CCN(c4ccccc4O)CC3)C(=O)C12. The molecule has 0 bridgehead atoms. The van der Waals surface area contributed by atoms with Gasteiger partial charge in [0.15, 0.2) is 0 Å². The molecule has 0 aromatic heterocycles. The van der Waals surface area contributed by atoms with E-state index < -0.39 is 47.8 Å². The van der Waals surface area contributed by atoms with Crippen molar-refractivity contribution in [3.63, 3.8) is 0 Å². The van der Waals surface area contributed by atoms with E-state index in [1.165, 1.54) is 30.9 Å². The maximum Gasteiger partial charge on any atom is 0.303 e.